The second-order valence-electron chi connectivity index (χ2n) is 12.9. The molecule has 2 fully saturated rings. The largest absolute Gasteiger partial charge is 0.342 e. The van der Waals surface area contributed by atoms with E-state index in [2.05, 4.69) is 21.3 Å². The van der Waals surface area contributed by atoms with Crippen LogP contribution in [0.15, 0.2) is 72.8 Å². The molecule has 6 atom stereocenters. The number of hydrogen-bond donors (Lipinski definition) is 4. The van der Waals surface area contributed by atoms with Crippen LogP contribution in [-0.4, -0.2) is 94.6 Å². The lowest BCUT2D eigenvalue weighted by molar-refractivity contribution is -0.144. The Kier molecular flexibility index (Phi) is 10.2. The molecule has 0 saturated carbocycles. The first-order chi connectivity index (χ1) is 23.3. The zero-order valence-electron chi connectivity index (χ0n) is 26.8. The Morgan fingerprint density at radius 3 is 1.31 bits per heavy atom. The third kappa shape index (κ3) is 7.42. The summed E-state index contributed by atoms with van der Waals surface area (Å²) in [6, 6.07) is 12.7. The van der Waals surface area contributed by atoms with E-state index in [4.69, 9.17) is 0 Å². The molecular formula is C36H42N6O6. The van der Waals surface area contributed by atoms with Crippen LogP contribution in [0.25, 0.3) is 0 Å². The van der Waals surface area contributed by atoms with Crippen LogP contribution in [0.1, 0.15) is 49.7 Å². The molecule has 6 rings (SSSR count). The molecule has 0 radical (unpaired) electrons. The summed E-state index contributed by atoms with van der Waals surface area (Å²) in [4.78, 5) is 86.7. The van der Waals surface area contributed by atoms with Crippen LogP contribution >= 0.6 is 0 Å². The van der Waals surface area contributed by atoms with Gasteiger partial charge in [-0.15, -0.1) is 0 Å². The molecule has 2 aromatic rings. The van der Waals surface area contributed by atoms with Gasteiger partial charge in [0.15, 0.2) is 0 Å². The SMILES string of the molecule is O=C1N[C@@H]2C/C=C\C[C@@H](NC(=O)[C@@H](Cc3ccccc3)NC(=O)[C@@H]3CCCN3C2=O)C(=O)N2CCC[C@H]2C(=O)N[C@@H]1Cc1ccccc1. The van der Waals surface area contributed by atoms with Gasteiger partial charge in [-0.05, 0) is 49.7 Å². The number of nitrogens with zero attached hydrogens (tertiary/aromatic N) is 2. The minimum Gasteiger partial charge on any atom is -0.342 e. The van der Waals surface area contributed by atoms with Crippen LogP contribution in [0.4, 0.5) is 0 Å². The summed E-state index contributed by atoms with van der Waals surface area (Å²) in [5.74, 6) is -2.82. The molecule has 12 heteroatoms. The van der Waals surface area contributed by atoms with Gasteiger partial charge in [0.2, 0.25) is 35.4 Å². The van der Waals surface area contributed by atoms with Crippen LogP contribution in [-0.2, 0) is 41.6 Å². The number of rotatable bonds is 4. The van der Waals surface area contributed by atoms with E-state index in [1.807, 2.05) is 60.7 Å². The maximum atomic E-state index is 14.1. The smallest absolute Gasteiger partial charge is 0.246 e. The highest BCUT2D eigenvalue weighted by atomic mass is 16.2. The Hall–Kier alpha value is -5.00. The van der Waals surface area contributed by atoms with Gasteiger partial charge in [0, 0.05) is 25.9 Å². The van der Waals surface area contributed by atoms with E-state index in [0.29, 0.717) is 38.8 Å². The Bertz CT molecular complexity index is 1450. The monoisotopic (exact) mass is 654 g/mol. The van der Waals surface area contributed by atoms with Crippen molar-refractivity contribution in [3.63, 3.8) is 0 Å². The van der Waals surface area contributed by atoms with Crippen molar-refractivity contribution < 1.29 is 28.8 Å². The fourth-order valence-corrected chi connectivity index (χ4v) is 7.11. The van der Waals surface area contributed by atoms with Gasteiger partial charge in [0.05, 0.1) is 0 Å². The fourth-order valence-electron chi connectivity index (χ4n) is 7.11. The first kappa shape index (κ1) is 32.9. The normalized spacial score (nSPS) is 29.3. The molecule has 48 heavy (non-hydrogen) atoms. The third-order valence-electron chi connectivity index (χ3n) is 9.65. The van der Waals surface area contributed by atoms with Crippen molar-refractivity contribution in [3.8, 4) is 0 Å². The number of nitrogens with one attached hydrogen (secondary N) is 4. The number of hydrogen-bond acceptors (Lipinski definition) is 6. The summed E-state index contributed by atoms with van der Waals surface area (Å²) in [6.07, 6.45) is 5.95. The van der Waals surface area contributed by atoms with E-state index in [1.165, 1.54) is 9.80 Å². The lowest BCUT2D eigenvalue weighted by atomic mass is 10.0. The summed E-state index contributed by atoms with van der Waals surface area (Å²) in [5, 5.41) is 11.5. The molecule has 6 amide bonds. The van der Waals surface area contributed by atoms with Crippen molar-refractivity contribution in [3.05, 3.63) is 83.9 Å². The molecule has 0 spiro atoms. The van der Waals surface area contributed by atoms with Gasteiger partial charge in [-0.3, -0.25) is 28.8 Å². The predicted molar refractivity (Wildman–Crippen MR) is 176 cm³/mol. The van der Waals surface area contributed by atoms with Gasteiger partial charge in [0.1, 0.15) is 36.3 Å². The maximum absolute atomic E-state index is 14.1. The summed E-state index contributed by atoms with van der Waals surface area (Å²) < 4.78 is 0. The number of fused-ring (bicyclic) bond motifs is 6. The maximum Gasteiger partial charge on any atom is 0.246 e. The summed E-state index contributed by atoms with van der Waals surface area (Å²) >= 11 is 0. The van der Waals surface area contributed by atoms with Crippen molar-refractivity contribution >= 4 is 35.4 Å². The highest BCUT2D eigenvalue weighted by Crippen LogP contribution is 2.23. The Balaban J connectivity index is 1.38. The molecule has 2 aromatic carbocycles. The van der Waals surface area contributed by atoms with Crippen LogP contribution in [0, 0.1) is 0 Å². The Morgan fingerprint density at radius 1 is 0.521 bits per heavy atom. The minimum absolute atomic E-state index is 0.0965. The fraction of sp³-hybridized carbons (Fsp3) is 0.444. The molecule has 252 valence electrons. The summed E-state index contributed by atoms with van der Waals surface area (Å²) in [7, 11) is 0. The first-order valence-electron chi connectivity index (χ1n) is 16.8. The number of carbonyl (C=O) groups excluding carboxylic acids is 6. The zero-order chi connectivity index (χ0) is 33.6. The number of benzene rings is 2. The van der Waals surface area contributed by atoms with Gasteiger partial charge < -0.3 is 31.1 Å². The zero-order valence-corrected chi connectivity index (χ0v) is 26.8. The molecule has 0 aliphatic carbocycles. The molecule has 12 nitrogen and oxygen atoms in total. The molecule has 2 bridgehead atoms. The third-order valence-corrected chi connectivity index (χ3v) is 9.65. The first-order valence-corrected chi connectivity index (χ1v) is 16.8. The second-order valence-corrected chi connectivity index (χ2v) is 12.9. The van der Waals surface area contributed by atoms with Crippen LogP contribution in [0.3, 0.4) is 0 Å². The van der Waals surface area contributed by atoms with Crippen molar-refractivity contribution in [2.24, 2.45) is 0 Å². The van der Waals surface area contributed by atoms with Gasteiger partial charge in [-0.2, -0.15) is 0 Å². The standard InChI is InChI=1S/C36H42N6O6/c43-31-27(21-23-11-3-1-4-12-23)39-33(45)29-17-9-19-41(29)36(48)26-16-8-7-15-25(37-31)35(47)42-20-10-18-30(42)34(46)40-28(32(44)38-26)22-24-13-5-2-6-14-24/h1-8,11-14,25-30H,9-10,15-22H2,(H,37,43)(H,38,44)(H,39,45)(H,40,46)/b8-7-/t25-,26-,27-,28-,29+,30+/m1/s1. The molecule has 0 aromatic heterocycles. The minimum atomic E-state index is -1.02. The molecule has 0 unspecified atom stereocenters. The second kappa shape index (κ2) is 14.8. The van der Waals surface area contributed by atoms with E-state index in [0.717, 1.165) is 11.1 Å². The number of amides is 6. The molecule has 2 saturated heterocycles. The van der Waals surface area contributed by atoms with Crippen molar-refractivity contribution in [1.82, 2.24) is 31.1 Å². The predicted octanol–water partition coefficient (Wildman–Crippen LogP) is 0.757. The highest BCUT2D eigenvalue weighted by molar-refractivity contribution is 5.99. The van der Waals surface area contributed by atoms with Crippen molar-refractivity contribution in [2.75, 3.05) is 13.1 Å². The van der Waals surface area contributed by atoms with Crippen molar-refractivity contribution in [1.29, 1.82) is 0 Å². The Labute approximate surface area is 279 Å². The summed E-state index contributed by atoms with van der Waals surface area (Å²) in [5.41, 5.74) is 1.62. The average molecular weight is 655 g/mol. The van der Waals surface area contributed by atoms with Gasteiger partial charge in [-0.25, -0.2) is 0 Å². The quantitative estimate of drug-likeness (QED) is 0.357. The van der Waals surface area contributed by atoms with Crippen LogP contribution < -0.4 is 21.3 Å². The molecule has 4 aliphatic rings. The van der Waals surface area contributed by atoms with Crippen LogP contribution in [0.5, 0.6) is 0 Å². The van der Waals surface area contributed by atoms with Crippen molar-refractivity contribution in [2.45, 2.75) is 87.6 Å². The Morgan fingerprint density at radius 2 is 0.917 bits per heavy atom. The van der Waals surface area contributed by atoms with Gasteiger partial charge in [-0.1, -0.05) is 72.8 Å². The molecular weight excluding hydrogens is 612 g/mol. The molecule has 4 heterocycles. The van der Waals surface area contributed by atoms with E-state index < -0.39 is 71.7 Å². The van der Waals surface area contributed by atoms with Gasteiger partial charge in [0.25, 0.3) is 0 Å². The van der Waals surface area contributed by atoms with E-state index in [-0.39, 0.29) is 25.7 Å². The average Bonchev–Trinajstić information content (AvgIpc) is 3.79. The van der Waals surface area contributed by atoms with Crippen LogP contribution in [0.2, 0.25) is 0 Å². The summed E-state index contributed by atoms with van der Waals surface area (Å²) in [6.45, 7) is 0.641. The van der Waals surface area contributed by atoms with E-state index in [1.54, 1.807) is 12.2 Å². The topological polar surface area (TPSA) is 157 Å². The number of carbonyl (C=O) groups is 6. The molecule has 4 N–H and O–H groups in total. The highest BCUT2D eigenvalue weighted by Gasteiger charge is 2.42. The lowest BCUT2D eigenvalue weighted by Gasteiger charge is -2.33. The van der Waals surface area contributed by atoms with Gasteiger partial charge >= 0.3 is 0 Å². The van der Waals surface area contributed by atoms with E-state index in [9.17, 15) is 28.8 Å². The lowest BCUT2D eigenvalue weighted by Crippen LogP contribution is -2.61. The molecule has 4 aliphatic heterocycles. The van der Waals surface area contributed by atoms with E-state index >= 15 is 0 Å².